The molecule has 3 aliphatic rings. The molecule has 0 aliphatic carbocycles. The van der Waals surface area contributed by atoms with Crippen molar-refractivity contribution in [2.75, 3.05) is 70.5 Å². The Balaban J connectivity index is 1.27. The molecule has 4 rings (SSSR count). The van der Waals surface area contributed by atoms with E-state index in [0.29, 0.717) is 52.5 Å². The Morgan fingerprint density at radius 3 is 2.26 bits per heavy atom. The maximum absolute atomic E-state index is 13.0. The van der Waals surface area contributed by atoms with E-state index in [0.717, 1.165) is 25.2 Å². The van der Waals surface area contributed by atoms with Crippen LogP contribution >= 0.6 is 0 Å². The number of ether oxygens (including phenoxy) is 1. The zero-order chi connectivity index (χ0) is 21.8. The number of morpholine rings is 1. The van der Waals surface area contributed by atoms with E-state index in [1.807, 2.05) is 34.1 Å². The summed E-state index contributed by atoms with van der Waals surface area (Å²) >= 11 is 0. The second kappa shape index (κ2) is 9.78. The molecule has 0 spiro atoms. The third-order valence-electron chi connectivity index (χ3n) is 6.54. The number of amides is 3. The molecule has 1 atom stereocenters. The average molecular weight is 429 g/mol. The first-order valence-electron chi connectivity index (χ1n) is 11.3. The van der Waals surface area contributed by atoms with Crippen LogP contribution in [0.2, 0.25) is 0 Å². The standard InChI is InChI=1S/C23H32N4O4/c1-2-18-3-5-20(6-4-18)27-16-19(15-21(27)28)23(30)26-9-7-25(8-10-26)22(29)17-24-11-13-31-14-12-24/h3-6,19H,2,7-17H2,1H3. The van der Waals surface area contributed by atoms with Crippen molar-refractivity contribution in [3.05, 3.63) is 29.8 Å². The van der Waals surface area contributed by atoms with Gasteiger partial charge in [0.25, 0.3) is 0 Å². The fourth-order valence-corrected chi connectivity index (χ4v) is 4.52. The van der Waals surface area contributed by atoms with Gasteiger partial charge in [0.05, 0.1) is 25.7 Å². The lowest BCUT2D eigenvalue weighted by Crippen LogP contribution is -2.54. The zero-order valence-corrected chi connectivity index (χ0v) is 18.3. The first-order valence-corrected chi connectivity index (χ1v) is 11.3. The van der Waals surface area contributed by atoms with E-state index >= 15 is 0 Å². The van der Waals surface area contributed by atoms with Crippen LogP contribution < -0.4 is 4.90 Å². The molecule has 168 valence electrons. The predicted molar refractivity (Wildman–Crippen MR) is 117 cm³/mol. The lowest BCUT2D eigenvalue weighted by atomic mass is 10.1. The number of anilines is 1. The van der Waals surface area contributed by atoms with Crippen molar-refractivity contribution in [1.29, 1.82) is 0 Å². The number of rotatable bonds is 5. The Hall–Kier alpha value is -2.45. The van der Waals surface area contributed by atoms with Crippen LogP contribution in [-0.4, -0.2) is 98.0 Å². The van der Waals surface area contributed by atoms with Crippen LogP contribution in [0.4, 0.5) is 5.69 Å². The third-order valence-corrected chi connectivity index (χ3v) is 6.54. The van der Waals surface area contributed by atoms with E-state index in [9.17, 15) is 14.4 Å². The monoisotopic (exact) mass is 428 g/mol. The molecule has 0 bridgehead atoms. The van der Waals surface area contributed by atoms with Crippen LogP contribution in [0, 0.1) is 5.92 Å². The topological polar surface area (TPSA) is 73.4 Å². The van der Waals surface area contributed by atoms with E-state index in [2.05, 4.69) is 11.8 Å². The van der Waals surface area contributed by atoms with Gasteiger partial charge in [-0.3, -0.25) is 19.3 Å². The Kier molecular flexibility index (Phi) is 6.87. The number of carbonyl (C=O) groups is 3. The van der Waals surface area contributed by atoms with Crippen LogP contribution in [0.1, 0.15) is 18.9 Å². The molecule has 8 nitrogen and oxygen atoms in total. The quantitative estimate of drug-likeness (QED) is 0.687. The molecule has 0 saturated carbocycles. The lowest BCUT2D eigenvalue weighted by molar-refractivity contribution is -0.142. The van der Waals surface area contributed by atoms with Gasteiger partial charge in [-0.1, -0.05) is 19.1 Å². The summed E-state index contributed by atoms with van der Waals surface area (Å²) in [6, 6.07) is 7.99. The first kappa shape index (κ1) is 21.8. The highest BCUT2D eigenvalue weighted by molar-refractivity contribution is 6.00. The van der Waals surface area contributed by atoms with Crippen molar-refractivity contribution >= 4 is 23.4 Å². The van der Waals surface area contributed by atoms with Crippen molar-refractivity contribution in [2.24, 2.45) is 5.92 Å². The molecule has 1 aromatic carbocycles. The summed E-state index contributed by atoms with van der Waals surface area (Å²) in [6.45, 7) is 8.04. The minimum atomic E-state index is -0.311. The first-order chi connectivity index (χ1) is 15.0. The van der Waals surface area contributed by atoms with E-state index < -0.39 is 0 Å². The molecular weight excluding hydrogens is 396 g/mol. The summed E-state index contributed by atoms with van der Waals surface area (Å²) in [5.41, 5.74) is 2.08. The van der Waals surface area contributed by atoms with Gasteiger partial charge in [0, 0.05) is 57.9 Å². The van der Waals surface area contributed by atoms with Crippen LogP contribution in [-0.2, 0) is 25.5 Å². The van der Waals surface area contributed by atoms with Gasteiger partial charge in [0.1, 0.15) is 0 Å². The van der Waals surface area contributed by atoms with Crippen molar-refractivity contribution in [3.8, 4) is 0 Å². The Labute approximate surface area is 183 Å². The number of piperazine rings is 1. The highest BCUT2D eigenvalue weighted by Crippen LogP contribution is 2.27. The van der Waals surface area contributed by atoms with Gasteiger partial charge >= 0.3 is 0 Å². The SMILES string of the molecule is CCc1ccc(N2CC(C(=O)N3CCN(C(=O)CN4CCOCC4)CC3)CC2=O)cc1. The van der Waals surface area contributed by atoms with Gasteiger partial charge in [0.15, 0.2) is 0 Å². The van der Waals surface area contributed by atoms with Crippen LogP contribution in [0.3, 0.4) is 0 Å². The molecule has 0 radical (unpaired) electrons. The van der Waals surface area contributed by atoms with Gasteiger partial charge < -0.3 is 19.4 Å². The third kappa shape index (κ3) is 5.07. The molecule has 31 heavy (non-hydrogen) atoms. The normalized spacial score (nSPS) is 22.8. The van der Waals surface area contributed by atoms with Crippen molar-refractivity contribution < 1.29 is 19.1 Å². The van der Waals surface area contributed by atoms with E-state index in [1.165, 1.54) is 5.56 Å². The van der Waals surface area contributed by atoms with Gasteiger partial charge in [-0.15, -0.1) is 0 Å². The zero-order valence-electron chi connectivity index (χ0n) is 18.3. The van der Waals surface area contributed by atoms with Gasteiger partial charge in [0.2, 0.25) is 17.7 Å². The molecule has 0 N–H and O–H groups in total. The highest BCUT2D eigenvalue weighted by Gasteiger charge is 2.38. The molecule has 3 fully saturated rings. The summed E-state index contributed by atoms with van der Waals surface area (Å²) < 4.78 is 5.33. The van der Waals surface area contributed by atoms with Gasteiger partial charge in [-0.25, -0.2) is 0 Å². The predicted octanol–water partition coefficient (Wildman–Crippen LogP) is 0.605. The summed E-state index contributed by atoms with van der Waals surface area (Å²) in [5, 5.41) is 0. The number of benzene rings is 1. The number of carbonyl (C=O) groups excluding carboxylic acids is 3. The molecule has 3 aliphatic heterocycles. The highest BCUT2D eigenvalue weighted by atomic mass is 16.5. The fourth-order valence-electron chi connectivity index (χ4n) is 4.52. The van der Waals surface area contributed by atoms with Crippen molar-refractivity contribution in [1.82, 2.24) is 14.7 Å². The van der Waals surface area contributed by atoms with Gasteiger partial charge in [-0.2, -0.15) is 0 Å². The van der Waals surface area contributed by atoms with Crippen molar-refractivity contribution in [2.45, 2.75) is 19.8 Å². The molecular formula is C23H32N4O4. The summed E-state index contributed by atoms with van der Waals surface area (Å²) in [7, 11) is 0. The minimum absolute atomic E-state index is 0.00178. The maximum Gasteiger partial charge on any atom is 0.236 e. The Morgan fingerprint density at radius 1 is 0.968 bits per heavy atom. The van der Waals surface area contributed by atoms with Gasteiger partial charge in [-0.05, 0) is 24.1 Å². The molecule has 1 aromatic rings. The molecule has 1 unspecified atom stereocenters. The van der Waals surface area contributed by atoms with Crippen LogP contribution in [0.25, 0.3) is 0 Å². The van der Waals surface area contributed by atoms with E-state index in [-0.39, 0.29) is 30.1 Å². The van der Waals surface area contributed by atoms with E-state index in [1.54, 1.807) is 4.90 Å². The van der Waals surface area contributed by atoms with Crippen molar-refractivity contribution in [3.63, 3.8) is 0 Å². The molecule has 8 heteroatoms. The maximum atomic E-state index is 13.0. The summed E-state index contributed by atoms with van der Waals surface area (Å²) in [5.74, 6) is -0.163. The lowest BCUT2D eigenvalue weighted by Gasteiger charge is -2.37. The number of nitrogens with zero attached hydrogens (tertiary/aromatic N) is 4. The molecule has 3 saturated heterocycles. The Morgan fingerprint density at radius 2 is 1.61 bits per heavy atom. The van der Waals surface area contributed by atoms with E-state index in [4.69, 9.17) is 4.74 Å². The number of hydrogen-bond acceptors (Lipinski definition) is 5. The summed E-state index contributed by atoms with van der Waals surface area (Å²) in [4.78, 5) is 45.7. The van der Waals surface area contributed by atoms with Crippen LogP contribution in [0.5, 0.6) is 0 Å². The second-order valence-electron chi connectivity index (χ2n) is 8.52. The van der Waals surface area contributed by atoms with Crippen LogP contribution in [0.15, 0.2) is 24.3 Å². The smallest absolute Gasteiger partial charge is 0.236 e. The average Bonchev–Trinajstić information content (AvgIpc) is 3.21. The molecule has 3 amide bonds. The second-order valence-corrected chi connectivity index (χ2v) is 8.52. The largest absolute Gasteiger partial charge is 0.379 e. The number of hydrogen-bond donors (Lipinski definition) is 0. The fraction of sp³-hybridized carbons (Fsp3) is 0.609. The molecule has 3 heterocycles. The Bertz CT molecular complexity index is 798. The number of aryl methyl sites for hydroxylation is 1. The molecule has 0 aromatic heterocycles. The minimum Gasteiger partial charge on any atom is -0.379 e. The summed E-state index contributed by atoms with van der Waals surface area (Å²) in [6.07, 6.45) is 1.21.